The number of carbonyl (C=O) groups is 2. The molecule has 1 amide bonds. The van der Waals surface area contributed by atoms with E-state index in [0.717, 1.165) is 33.2 Å². The van der Waals surface area contributed by atoms with Gasteiger partial charge in [-0.15, -0.1) is 23.1 Å². The number of thioether (sulfide) groups is 1. The summed E-state index contributed by atoms with van der Waals surface area (Å²) in [5, 5.41) is 9.51. The minimum atomic E-state index is -4.41. The summed E-state index contributed by atoms with van der Waals surface area (Å²) < 4.78 is 50.2. The van der Waals surface area contributed by atoms with Crippen molar-refractivity contribution in [2.45, 2.75) is 56.7 Å². The molecular weight excluding hydrogens is 603 g/mol. The Hall–Kier alpha value is -3.29. The van der Waals surface area contributed by atoms with Crippen LogP contribution in [0, 0.1) is 6.92 Å². The summed E-state index contributed by atoms with van der Waals surface area (Å²) in [7, 11) is 0. The number of hydrogen-bond acceptors (Lipinski definition) is 8. The third-order valence-corrected chi connectivity index (χ3v) is 8.85. The van der Waals surface area contributed by atoms with E-state index in [1.807, 2.05) is 39.8 Å². The van der Waals surface area contributed by atoms with E-state index in [2.05, 4.69) is 4.90 Å². The fraction of sp³-hybridized carbons (Fsp3) is 0.433. The number of nitrogens with zero attached hydrogens (tertiary/aromatic N) is 3. The quantitative estimate of drug-likeness (QED) is 0.252. The first-order chi connectivity index (χ1) is 20.2. The molecule has 0 unspecified atom stereocenters. The highest BCUT2D eigenvalue weighted by molar-refractivity contribution is 7.98. The number of benzene rings is 2. The predicted octanol–water partition coefficient (Wildman–Crippen LogP) is 6.95. The number of hydrogen-bond donors (Lipinski definition) is 1. The zero-order valence-electron chi connectivity index (χ0n) is 24.4. The number of piperazine rings is 1. The molecule has 0 saturated carbocycles. The van der Waals surface area contributed by atoms with Crippen molar-refractivity contribution in [1.29, 1.82) is 0 Å². The Bertz CT molecular complexity index is 1430. The number of ether oxygens (including phenoxy) is 2. The second-order valence-electron chi connectivity index (χ2n) is 11.1. The average Bonchev–Trinajstić information content (AvgIpc) is 3.32. The molecular formula is C30H34F3N3O5S2. The molecule has 43 heavy (non-hydrogen) atoms. The number of aliphatic carboxylic acids is 1. The van der Waals surface area contributed by atoms with Crippen LogP contribution in [0.25, 0.3) is 10.6 Å². The van der Waals surface area contributed by atoms with Crippen molar-refractivity contribution in [3.8, 4) is 16.3 Å². The van der Waals surface area contributed by atoms with Crippen molar-refractivity contribution in [3.05, 3.63) is 64.2 Å². The minimum absolute atomic E-state index is 0.336. The smallest absolute Gasteiger partial charge is 0.416 e. The first kappa shape index (κ1) is 32.6. The van der Waals surface area contributed by atoms with E-state index < -0.39 is 29.9 Å². The molecule has 0 bridgehead atoms. The normalized spacial score (nSPS) is 14.5. The van der Waals surface area contributed by atoms with Crippen LogP contribution in [0.4, 0.5) is 18.0 Å². The van der Waals surface area contributed by atoms with E-state index in [1.54, 1.807) is 22.7 Å². The molecule has 0 aliphatic carbocycles. The highest BCUT2D eigenvalue weighted by Gasteiger charge is 2.30. The van der Waals surface area contributed by atoms with Gasteiger partial charge in [-0.2, -0.15) is 13.2 Å². The standard InChI is InChI=1S/C30H34F3N3O5S2/c1-19-15-22(9-10-24(19)40-17-26(37)38)42-18-25-23(16-35-11-13-36(14-12-35)28(39)41-29(2,3)4)34-27(43-25)20-5-7-21(8-6-20)30(31,32)33/h5-10,15H,11-14,16-18H2,1-4H3,(H,37,38). The van der Waals surface area contributed by atoms with Crippen LogP contribution in [0.3, 0.4) is 0 Å². The van der Waals surface area contributed by atoms with E-state index >= 15 is 0 Å². The molecule has 3 aromatic rings. The van der Waals surface area contributed by atoms with E-state index in [0.29, 0.717) is 54.8 Å². The lowest BCUT2D eigenvalue weighted by atomic mass is 10.1. The van der Waals surface area contributed by atoms with Gasteiger partial charge in [0.2, 0.25) is 0 Å². The Labute approximate surface area is 256 Å². The summed E-state index contributed by atoms with van der Waals surface area (Å²) in [4.78, 5) is 34.0. The molecule has 1 saturated heterocycles. The van der Waals surface area contributed by atoms with Crippen LogP contribution in [-0.4, -0.2) is 70.3 Å². The van der Waals surface area contributed by atoms with Crippen molar-refractivity contribution in [2.75, 3.05) is 32.8 Å². The van der Waals surface area contributed by atoms with E-state index in [9.17, 15) is 22.8 Å². The molecule has 0 spiro atoms. The summed E-state index contributed by atoms with van der Waals surface area (Å²) in [6.07, 6.45) is -4.75. The van der Waals surface area contributed by atoms with Gasteiger partial charge in [0.15, 0.2) is 6.61 Å². The van der Waals surface area contributed by atoms with Gasteiger partial charge in [0, 0.05) is 53.8 Å². The van der Waals surface area contributed by atoms with Crippen molar-refractivity contribution in [3.63, 3.8) is 0 Å². The topological polar surface area (TPSA) is 92.2 Å². The second kappa shape index (κ2) is 13.6. The fourth-order valence-electron chi connectivity index (χ4n) is 4.33. The van der Waals surface area contributed by atoms with E-state index in [-0.39, 0.29) is 6.09 Å². The summed E-state index contributed by atoms with van der Waals surface area (Å²) in [6, 6.07) is 10.6. The molecule has 1 N–H and O–H groups in total. The molecule has 0 radical (unpaired) electrons. The summed E-state index contributed by atoms with van der Waals surface area (Å²) >= 11 is 3.03. The Balaban J connectivity index is 1.49. The van der Waals surface area contributed by atoms with Gasteiger partial charge in [0.25, 0.3) is 0 Å². The van der Waals surface area contributed by atoms with Crippen molar-refractivity contribution >= 4 is 35.2 Å². The summed E-state index contributed by atoms with van der Waals surface area (Å²) in [5.41, 5.74) is 0.986. The summed E-state index contributed by atoms with van der Waals surface area (Å²) in [6.45, 7) is 9.77. The zero-order valence-corrected chi connectivity index (χ0v) is 26.0. The van der Waals surface area contributed by atoms with Crippen LogP contribution in [-0.2, 0) is 28.0 Å². The van der Waals surface area contributed by atoms with Gasteiger partial charge in [0.05, 0.1) is 11.3 Å². The molecule has 0 atom stereocenters. The van der Waals surface area contributed by atoms with Gasteiger partial charge in [-0.1, -0.05) is 12.1 Å². The first-order valence-electron chi connectivity index (χ1n) is 13.6. The van der Waals surface area contributed by atoms with Gasteiger partial charge < -0.3 is 19.5 Å². The van der Waals surface area contributed by atoms with Gasteiger partial charge in [0.1, 0.15) is 16.4 Å². The maximum atomic E-state index is 13.1. The number of carbonyl (C=O) groups excluding carboxylic acids is 1. The minimum Gasteiger partial charge on any atom is -0.482 e. The molecule has 4 rings (SSSR count). The number of aryl methyl sites for hydroxylation is 1. The SMILES string of the molecule is Cc1cc(SCc2sc(-c3ccc(C(F)(F)F)cc3)nc2CN2CCN(C(=O)OC(C)(C)C)CC2)ccc1OCC(=O)O. The van der Waals surface area contributed by atoms with Gasteiger partial charge in [-0.25, -0.2) is 14.6 Å². The Kier molecular flexibility index (Phi) is 10.3. The third-order valence-electron chi connectivity index (χ3n) is 6.50. The average molecular weight is 638 g/mol. The molecule has 1 aliphatic rings. The van der Waals surface area contributed by atoms with Gasteiger partial charge in [-0.3, -0.25) is 4.90 Å². The number of thiazole rings is 1. The van der Waals surface area contributed by atoms with E-state index in [1.165, 1.54) is 23.5 Å². The predicted molar refractivity (Wildman–Crippen MR) is 160 cm³/mol. The van der Waals surface area contributed by atoms with Crippen LogP contribution in [0.2, 0.25) is 0 Å². The third kappa shape index (κ3) is 9.35. The number of carboxylic acid groups (broad SMARTS) is 1. The second-order valence-corrected chi connectivity index (χ2v) is 13.2. The Morgan fingerprint density at radius 1 is 1.05 bits per heavy atom. The summed E-state index contributed by atoms with van der Waals surface area (Å²) in [5.74, 6) is 0.0336. The molecule has 1 fully saturated rings. The zero-order chi connectivity index (χ0) is 31.4. The maximum absolute atomic E-state index is 13.1. The van der Waals surface area contributed by atoms with Crippen LogP contribution in [0.1, 0.15) is 42.5 Å². The lowest BCUT2D eigenvalue weighted by molar-refractivity contribution is -0.139. The number of aromatic nitrogens is 1. The molecule has 13 heteroatoms. The highest BCUT2D eigenvalue weighted by Crippen LogP contribution is 2.36. The van der Waals surface area contributed by atoms with Crippen molar-refractivity contribution < 1.29 is 37.3 Å². The molecule has 2 aromatic carbocycles. The number of rotatable bonds is 9. The Morgan fingerprint density at radius 3 is 2.30 bits per heavy atom. The number of amides is 1. The monoisotopic (exact) mass is 637 g/mol. The number of halogens is 3. The van der Waals surface area contributed by atoms with Crippen LogP contribution in [0.5, 0.6) is 5.75 Å². The van der Waals surface area contributed by atoms with Crippen LogP contribution >= 0.6 is 23.1 Å². The molecule has 1 aliphatic heterocycles. The van der Waals surface area contributed by atoms with Crippen LogP contribution < -0.4 is 4.74 Å². The molecule has 8 nitrogen and oxygen atoms in total. The fourth-order valence-corrected chi connectivity index (χ4v) is 6.51. The van der Waals surface area contributed by atoms with Crippen LogP contribution in [0.15, 0.2) is 47.4 Å². The van der Waals surface area contributed by atoms with Crippen molar-refractivity contribution in [2.24, 2.45) is 0 Å². The Morgan fingerprint density at radius 2 is 1.72 bits per heavy atom. The molecule has 232 valence electrons. The number of carboxylic acids is 1. The highest BCUT2D eigenvalue weighted by atomic mass is 32.2. The van der Waals surface area contributed by atoms with E-state index in [4.69, 9.17) is 19.6 Å². The molecule has 2 heterocycles. The molecule has 1 aromatic heterocycles. The van der Waals surface area contributed by atoms with Crippen molar-refractivity contribution in [1.82, 2.24) is 14.8 Å². The number of alkyl halides is 3. The largest absolute Gasteiger partial charge is 0.482 e. The lowest BCUT2D eigenvalue weighted by Crippen LogP contribution is -2.49. The lowest BCUT2D eigenvalue weighted by Gasteiger charge is -2.35. The van der Waals surface area contributed by atoms with Gasteiger partial charge in [-0.05, 0) is 63.6 Å². The first-order valence-corrected chi connectivity index (χ1v) is 15.4. The maximum Gasteiger partial charge on any atom is 0.416 e. The van der Waals surface area contributed by atoms with Gasteiger partial charge >= 0.3 is 18.2 Å².